The van der Waals surface area contributed by atoms with Gasteiger partial charge in [-0.15, -0.1) is 0 Å². The van der Waals surface area contributed by atoms with E-state index in [4.69, 9.17) is 16.1 Å². The van der Waals surface area contributed by atoms with Crippen molar-refractivity contribution >= 4 is 22.4 Å². The molecule has 5 nitrogen and oxygen atoms in total. The van der Waals surface area contributed by atoms with Crippen LogP contribution >= 0.6 is 11.6 Å². The summed E-state index contributed by atoms with van der Waals surface area (Å²) in [4.78, 5) is 23.9. The minimum absolute atomic E-state index is 0.00926. The zero-order valence-electron chi connectivity index (χ0n) is 10.2. The molecule has 6 heteroatoms. The minimum Gasteiger partial charge on any atom is -0.508 e. The molecule has 0 atom stereocenters. The molecule has 0 spiro atoms. The molecule has 0 saturated carbocycles. The van der Waals surface area contributed by atoms with Gasteiger partial charge in [-0.3, -0.25) is 4.79 Å². The first kappa shape index (κ1) is 12.7. The van der Waals surface area contributed by atoms with Gasteiger partial charge in [-0.1, -0.05) is 11.6 Å². The number of hydrogen-bond donors (Lipinski definition) is 1. The molecule has 2 rings (SSSR count). The van der Waals surface area contributed by atoms with Crippen LogP contribution in [0.15, 0.2) is 20.2 Å². The standard InChI is InChI=1S/C12H12ClNO4/c1-5(2)14-11(16)9-7(12(17)18-14)4-8(15)6(3)10(9)13/h4-5,15H,1-3H3. The molecule has 0 radical (unpaired) electrons. The Morgan fingerprint density at radius 2 is 2.00 bits per heavy atom. The largest absolute Gasteiger partial charge is 0.508 e. The number of benzene rings is 1. The summed E-state index contributed by atoms with van der Waals surface area (Å²) >= 11 is 6.03. The van der Waals surface area contributed by atoms with Gasteiger partial charge >= 0.3 is 5.63 Å². The van der Waals surface area contributed by atoms with E-state index in [1.165, 1.54) is 6.07 Å². The highest BCUT2D eigenvalue weighted by molar-refractivity contribution is 6.36. The van der Waals surface area contributed by atoms with Crippen molar-refractivity contribution in [3.8, 4) is 5.75 Å². The molecule has 0 aliphatic carbocycles. The Morgan fingerprint density at radius 3 is 2.56 bits per heavy atom. The van der Waals surface area contributed by atoms with E-state index >= 15 is 0 Å². The Kier molecular flexibility index (Phi) is 2.94. The summed E-state index contributed by atoms with van der Waals surface area (Å²) in [6, 6.07) is 0.911. The highest BCUT2D eigenvalue weighted by atomic mass is 35.5. The summed E-state index contributed by atoms with van der Waals surface area (Å²) in [5.74, 6) is -0.138. The van der Waals surface area contributed by atoms with E-state index in [1.807, 2.05) is 0 Å². The van der Waals surface area contributed by atoms with Crippen LogP contribution in [-0.2, 0) is 0 Å². The number of rotatable bonds is 1. The lowest BCUT2D eigenvalue weighted by atomic mass is 10.1. The Bertz CT molecular complexity index is 742. The van der Waals surface area contributed by atoms with Crippen LogP contribution < -0.4 is 11.2 Å². The third-order valence-corrected chi connectivity index (χ3v) is 3.24. The van der Waals surface area contributed by atoms with Crippen LogP contribution in [0.2, 0.25) is 5.02 Å². The molecule has 0 aliphatic heterocycles. The van der Waals surface area contributed by atoms with Gasteiger partial charge in [0.15, 0.2) is 0 Å². The van der Waals surface area contributed by atoms with Crippen molar-refractivity contribution in [2.75, 3.05) is 0 Å². The molecule has 18 heavy (non-hydrogen) atoms. The van der Waals surface area contributed by atoms with Gasteiger partial charge in [-0.2, -0.15) is 4.74 Å². The Morgan fingerprint density at radius 1 is 1.39 bits per heavy atom. The van der Waals surface area contributed by atoms with E-state index in [2.05, 4.69) is 0 Å². The number of fused-ring (bicyclic) bond motifs is 1. The summed E-state index contributed by atoms with van der Waals surface area (Å²) in [5, 5.41) is 9.77. The van der Waals surface area contributed by atoms with Crippen molar-refractivity contribution in [2.45, 2.75) is 26.8 Å². The Balaban J connectivity index is 3.10. The molecule has 1 aromatic carbocycles. The van der Waals surface area contributed by atoms with Crippen molar-refractivity contribution in [3.05, 3.63) is 37.4 Å². The molecule has 1 aromatic heterocycles. The predicted octanol–water partition coefficient (Wildman–Crippen LogP) is 2.20. The predicted molar refractivity (Wildman–Crippen MR) is 68.5 cm³/mol. The van der Waals surface area contributed by atoms with E-state index in [0.29, 0.717) is 5.56 Å². The average molecular weight is 270 g/mol. The lowest BCUT2D eigenvalue weighted by Gasteiger charge is -2.10. The summed E-state index contributed by atoms with van der Waals surface area (Å²) in [5.41, 5.74) is -0.814. The van der Waals surface area contributed by atoms with Gasteiger partial charge in [-0.25, -0.2) is 4.79 Å². The van der Waals surface area contributed by atoms with Crippen LogP contribution in [0.3, 0.4) is 0 Å². The van der Waals surface area contributed by atoms with Crippen LogP contribution in [-0.4, -0.2) is 9.85 Å². The van der Waals surface area contributed by atoms with Crippen molar-refractivity contribution in [2.24, 2.45) is 0 Å². The number of phenolic OH excluding ortho intramolecular Hbond substituents is 1. The average Bonchev–Trinajstić information content (AvgIpc) is 2.30. The second-order valence-electron chi connectivity index (χ2n) is 4.36. The van der Waals surface area contributed by atoms with Crippen LogP contribution in [0.25, 0.3) is 10.8 Å². The molecular formula is C12H12ClNO4. The summed E-state index contributed by atoms with van der Waals surface area (Å²) in [6.07, 6.45) is 0. The smallest absolute Gasteiger partial charge is 0.364 e. The molecule has 0 unspecified atom stereocenters. The molecule has 1 heterocycles. The Hall–Kier alpha value is -1.75. The summed E-state index contributed by atoms with van der Waals surface area (Å²) in [6.45, 7) is 5.01. The molecule has 1 N–H and O–H groups in total. The van der Waals surface area contributed by atoms with Gasteiger partial charge in [0.05, 0.1) is 21.8 Å². The monoisotopic (exact) mass is 269 g/mol. The van der Waals surface area contributed by atoms with Gasteiger partial charge in [0.2, 0.25) is 0 Å². The molecule has 0 saturated heterocycles. The molecule has 0 bridgehead atoms. The van der Waals surface area contributed by atoms with Crippen molar-refractivity contribution in [1.82, 2.24) is 4.74 Å². The third kappa shape index (κ3) is 1.71. The second-order valence-corrected chi connectivity index (χ2v) is 4.74. The summed E-state index contributed by atoms with van der Waals surface area (Å²) < 4.78 is 5.89. The number of phenols is 1. The first-order valence-corrected chi connectivity index (χ1v) is 5.80. The van der Waals surface area contributed by atoms with Crippen molar-refractivity contribution in [3.63, 3.8) is 0 Å². The zero-order valence-corrected chi connectivity index (χ0v) is 10.9. The van der Waals surface area contributed by atoms with Crippen LogP contribution in [0.1, 0.15) is 25.5 Å². The van der Waals surface area contributed by atoms with E-state index < -0.39 is 11.2 Å². The molecular weight excluding hydrogens is 258 g/mol. The number of aromatic hydroxyl groups is 1. The second kappa shape index (κ2) is 4.17. The zero-order chi connectivity index (χ0) is 13.6. The Labute approximate surface area is 107 Å². The van der Waals surface area contributed by atoms with E-state index in [1.54, 1.807) is 20.8 Å². The number of hydrogen-bond acceptors (Lipinski definition) is 4. The van der Waals surface area contributed by atoms with Crippen LogP contribution in [0.5, 0.6) is 5.75 Å². The van der Waals surface area contributed by atoms with Crippen molar-refractivity contribution in [1.29, 1.82) is 0 Å². The van der Waals surface area contributed by atoms with Crippen molar-refractivity contribution < 1.29 is 9.63 Å². The first-order chi connectivity index (χ1) is 8.34. The van der Waals surface area contributed by atoms with E-state index in [-0.39, 0.29) is 27.6 Å². The van der Waals surface area contributed by atoms with E-state index in [0.717, 1.165) is 4.74 Å². The highest BCUT2D eigenvalue weighted by Gasteiger charge is 2.18. The lowest BCUT2D eigenvalue weighted by Crippen LogP contribution is -2.26. The first-order valence-electron chi connectivity index (χ1n) is 5.42. The maximum Gasteiger partial charge on any atom is 0.364 e. The third-order valence-electron chi connectivity index (χ3n) is 2.77. The van der Waals surface area contributed by atoms with Crippen LogP contribution in [0.4, 0.5) is 0 Å². The van der Waals surface area contributed by atoms with Gasteiger partial charge in [-0.05, 0) is 26.8 Å². The normalized spacial score (nSPS) is 11.4. The lowest BCUT2D eigenvalue weighted by molar-refractivity contribution is 0.201. The fourth-order valence-electron chi connectivity index (χ4n) is 1.74. The summed E-state index contributed by atoms with van der Waals surface area (Å²) in [7, 11) is 0. The van der Waals surface area contributed by atoms with Gasteiger partial charge < -0.3 is 9.63 Å². The molecule has 2 aromatic rings. The maximum atomic E-state index is 12.2. The van der Waals surface area contributed by atoms with Gasteiger partial charge in [0.25, 0.3) is 5.56 Å². The van der Waals surface area contributed by atoms with Gasteiger partial charge in [0.1, 0.15) is 5.75 Å². The molecule has 0 amide bonds. The van der Waals surface area contributed by atoms with Gasteiger partial charge in [0, 0.05) is 5.56 Å². The SMILES string of the molecule is Cc1c(O)cc2c(=O)on(C(C)C)c(=O)c2c1Cl. The van der Waals surface area contributed by atoms with Crippen LogP contribution in [0, 0.1) is 6.92 Å². The molecule has 0 fully saturated rings. The quantitative estimate of drug-likeness (QED) is 0.861. The van der Waals surface area contributed by atoms with E-state index in [9.17, 15) is 14.7 Å². The maximum absolute atomic E-state index is 12.2. The topological polar surface area (TPSA) is 72.4 Å². The number of halogens is 1. The minimum atomic E-state index is -0.699. The number of nitrogens with zero attached hydrogens (tertiary/aromatic N) is 1. The molecule has 0 aliphatic rings. The fourth-order valence-corrected chi connectivity index (χ4v) is 2.01. The number of aromatic nitrogens is 1. The molecule has 96 valence electrons. The fraction of sp³-hybridized carbons (Fsp3) is 0.333. The highest BCUT2D eigenvalue weighted by Crippen LogP contribution is 2.30.